The van der Waals surface area contributed by atoms with Crippen LogP contribution in [0.3, 0.4) is 0 Å². The number of ether oxygens (including phenoxy) is 1. The fourth-order valence-corrected chi connectivity index (χ4v) is 4.87. The second-order valence-electron chi connectivity index (χ2n) is 6.81. The van der Waals surface area contributed by atoms with Gasteiger partial charge in [0.2, 0.25) is 10.1 Å². The van der Waals surface area contributed by atoms with Crippen LogP contribution in [0.25, 0.3) is 16.2 Å². The van der Waals surface area contributed by atoms with E-state index in [1.54, 1.807) is 28.0 Å². The van der Waals surface area contributed by atoms with E-state index in [-0.39, 0.29) is 5.82 Å². The molecule has 1 aromatic carbocycles. The van der Waals surface area contributed by atoms with Gasteiger partial charge in [0.15, 0.2) is 0 Å². The third kappa shape index (κ3) is 2.81. The lowest BCUT2D eigenvalue weighted by Gasteiger charge is -2.32. The van der Waals surface area contributed by atoms with E-state index in [9.17, 15) is 4.39 Å². The lowest BCUT2D eigenvalue weighted by Crippen LogP contribution is -2.38. The van der Waals surface area contributed by atoms with Crippen molar-refractivity contribution in [2.75, 3.05) is 11.9 Å². The lowest BCUT2D eigenvalue weighted by atomic mass is 9.82. The Kier molecular flexibility index (Phi) is 3.71. The smallest absolute Gasteiger partial charge is 0.214 e. The molecule has 1 N–H and O–H groups in total. The van der Waals surface area contributed by atoms with Gasteiger partial charge in [-0.25, -0.2) is 13.9 Å². The number of hydrogen-bond donors (Lipinski definition) is 1. The number of halogens is 1. The van der Waals surface area contributed by atoms with Crippen molar-refractivity contribution < 1.29 is 9.13 Å². The lowest BCUT2D eigenvalue weighted by molar-refractivity contribution is 0.0620. The van der Waals surface area contributed by atoms with Crippen molar-refractivity contribution in [1.29, 1.82) is 0 Å². The Balaban J connectivity index is 1.36. The normalized spacial score (nSPS) is 26.0. The van der Waals surface area contributed by atoms with Gasteiger partial charge in [-0.1, -0.05) is 11.3 Å². The van der Waals surface area contributed by atoms with Crippen LogP contribution in [0.15, 0.2) is 30.5 Å². The predicted octanol–water partition coefficient (Wildman–Crippen LogP) is 3.97. The van der Waals surface area contributed by atoms with Crippen molar-refractivity contribution in [3.63, 3.8) is 0 Å². The van der Waals surface area contributed by atoms with E-state index < -0.39 is 0 Å². The minimum absolute atomic E-state index is 0.240. The second-order valence-corrected chi connectivity index (χ2v) is 7.77. The largest absolute Gasteiger partial charge is 0.378 e. The van der Waals surface area contributed by atoms with Gasteiger partial charge in [0.1, 0.15) is 5.82 Å². The molecule has 25 heavy (non-hydrogen) atoms. The van der Waals surface area contributed by atoms with Crippen molar-refractivity contribution in [2.24, 2.45) is 5.92 Å². The molecule has 1 aliphatic heterocycles. The van der Waals surface area contributed by atoms with E-state index in [1.165, 1.54) is 31.4 Å². The van der Waals surface area contributed by atoms with Gasteiger partial charge in [-0.05, 0) is 49.9 Å². The molecule has 1 saturated carbocycles. The Morgan fingerprint density at radius 1 is 1.20 bits per heavy atom. The molecule has 3 aromatic rings. The molecule has 0 amide bonds. The summed E-state index contributed by atoms with van der Waals surface area (Å²) in [5, 5.41) is 9.15. The molecular formula is C18H19FN4OS. The van der Waals surface area contributed by atoms with Crippen LogP contribution < -0.4 is 5.32 Å². The van der Waals surface area contributed by atoms with E-state index in [0.29, 0.717) is 18.1 Å². The number of nitrogens with zero attached hydrogens (tertiary/aromatic N) is 3. The highest BCUT2D eigenvalue weighted by atomic mass is 32.1. The molecular weight excluding hydrogens is 339 g/mol. The van der Waals surface area contributed by atoms with Gasteiger partial charge in [0.25, 0.3) is 0 Å². The van der Waals surface area contributed by atoms with Crippen molar-refractivity contribution in [3.8, 4) is 11.3 Å². The summed E-state index contributed by atoms with van der Waals surface area (Å²) in [5.74, 6) is 0.357. The van der Waals surface area contributed by atoms with Crippen LogP contribution in [0.2, 0.25) is 0 Å². The van der Waals surface area contributed by atoms with Crippen LogP contribution >= 0.6 is 11.3 Å². The number of nitrogens with one attached hydrogen (secondary N) is 1. The summed E-state index contributed by atoms with van der Waals surface area (Å²) in [4.78, 5) is 5.47. The first-order chi connectivity index (χ1) is 12.3. The highest BCUT2D eigenvalue weighted by Crippen LogP contribution is 2.36. The Morgan fingerprint density at radius 2 is 2.08 bits per heavy atom. The molecule has 2 aromatic heterocycles. The molecule has 5 rings (SSSR count). The molecule has 3 heterocycles. The first-order valence-electron chi connectivity index (χ1n) is 8.76. The maximum atomic E-state index is 13.1. The van der Waals surface area contributed by atoms with Crippen LogP contribution in [0, 0.1) is 11.7 Å². The van der Waals surface area contributed by atoms with Gasteiger partial charge in [-0.3, -0.25) is 0 Å². The summed E-state index contributed by atoms with van der Waals surface area (Å²) in [6.07, 6.45) is 7.01. The first kappa shape index (κ1) is 15.3. The number of hydrogen-bond acceptors (Lipinski definition) is 5. The topological polar surface area (TPSA) is 51.5 Å². The zero-order valence-corrected chi connectivity index (χ0v) is 14.5. The summed E-state index contributed by atoms with van der Waals surface area (Å²) in [5.41, 5.74) is 1.71. The molecule has 2 fully saturated rings. The van der Waals surface area contributed by atoms with Gasteiger partial charge >= 0.3 is 0 Å². The predicted molar refractivity (Wildman–Crippen MR) is 95.4 cm³/mol. The van der Waals surface area contributed by atoms with E-state index >= 15 is 0 Å². The molecule has 3 unspecified atom stereocenters. The summed E-state index contributed by atoms with van der Waals surface area (Å²) < 4.78 is 20.7. The fraction of sp³-hybridized carbons (Fsp3) is 0.444. The number of rotatable bonds is 3. The molecule has 7 heteroatoms. The molecule has 0 radical (unpaired) electrons. The summed E-state index contributed by atoms with van der Waals surface area (Å²) in [6, 6.07) is 6.82. The molecule has 2 aliphatic rings. The Hall–Kier alpha value is -1.99. The quantitative estimate of drug-likeness (QED) is 0.770. The van der Waals surface area contributed by atoms with E-state index in [2.05, 4.69) is 15.4 Å². The summed E-state index contributed by atoms with van der Waals surface area (Å²) in [6.45, 7) is 0.885. The zero-order chi connectivity index (χ0) is 16.8. The number of benzene rings is 1. The van der Waals surface area contributed by atoms with Crippen LogP contribution in [-0.4, -0.2) is 33.4 Å². The number of imidazole rings is 1. The van der Waals surface area contributed by atoms with Gasteiger partial charge in [-0.2, -0.15) is 0 Å². The van der Waals surface area contributed by atoms with Gasteiger partial charge in [0, 0.05) is 24.1 Å². The minimum Gasteiger partial charge on any atom is -0.378 e. The molecule has 0 bridgehead atoms. The van der Waals surface area contributed by atoms with Crippen molar-refractivity contribution >= 4 is 21.4 Å². The molecule has 130 valence electrons. The average molecular weight is 358 g/mol. The first-order valence-corrected chi connectivity index (χ1v) is 9.58. The van der Waals surface area contributed by atoms with Gasteiger partial charge in [0.05, 0.1) is 18.0 Å². The maximum absolute atomic E-state index is 13.1. The molecule has 0 spiro atoms. The standard InChI is InChI=1S/C18H19FN4OS/c19-12-6-4-11(5-7-12)15-10-23-18(21-15)25-17(22-23)20-14-2-1-3-16-13(14)8-9-24-16/h4-7,10,13-14,16H,1-3,8-9H2,(H,20,22). The van der Waals surface area contributed by atoms with Gasteiger partial charge < -0.3 is 10.1 Å². The van der Waals surface area contributed by atoms with Crippen molar-refractivity contribution in [1.82, 2.24) is 14.6 Å². The third-order valence-electron chi connectivity index (χ3n) is 5.27. The molecule has 1 saturated heterocycles. The maximum Gasteiger partial charge on any atom is 0.214 e. The number of aromatic nitrogens is 3. The van der Waals surface area contributed by atoms with Crippen LogP contribution in [0.4, 0.5) is 9.52 Å². The van der Waals surface area contributed by atoms with E-state index in [4.69, 9.17) is 4.74 Å². The van der Waals surface area contributed by atoms with Crippen LogP contribution in [0.5, 0.6) is 0 Å². The Morgan fingerprint density at radius 3 is 2.92 bits per heavy atom. The summed E-state index contributed by atoms with van der Waals surface area (Å²) >= 11 is 1.56. The number of anilines is 1. The Bertz CT molecular complexity index is 859. The highest BCUT2D eigenvalue weighted by molar-refractivity contribution is 7.20. The molecule has 5 nitrogen and oxygen atoms in total. The SMILES string of the molecule is Fc1ccc(-c2cn3nc(NC4CCCC5OCCC45)sc3n2)cc1. The van der Waals surface area contributed by atoms with E-state index in [1.807, 2.05) is 6.20 Å². The molecule has 3 atom stereocenters. The fourth-order valence-electron chi connectivity index (χ4n) is 4.03. The van der Waals surface area contributed by atoms with Crippen LogP contribution in [0.1, 0.15) is 25.7 Å². The highest BCUT2D eigenvalue weighted by Gasteiger charge is 2.37. The Labute approximate surface area is 148 Å². The summed E-state index contributed by atoms with van der Waals surface area (Å²) in [7, 11) is 0. The van der Waals surface area contributed by atoms with Crippen LogP contribution in [-0.2, 0) is 4.74 Å². The van der Waals surface area contributed by atoms with E-state index in [0.717, 1.165) is 34.4 Å². The minimum atomic E-state index is -0.240. The monoisotopic (exact) mass is 358 g/mol. The van der Waals surface area contributed by atoms with Gasteiger partial charge in [-0.15, -0.1) is 5.10 Å². The van der Waals surface area contributed by atoms with Crippen molar-refractivity contribution in [2.45, 2.75) is 37.8 Å². The van der Waals surface area contributed by atoms with Crippen molar-refractivity contribution in [3.05, 3.63) is 36.3 Å². The second kappa shape index (κ2) is 6.07. The number of fused-ring (bicyclic) bond motifs is 2. The third-order valence-corrected chi connectivity index (χ3v) is 6.13. The zero-order valence-electron chi connectivity index (χ0n) is 13.7. The average Bonchev–Trinajstić information content (AvgIpc) is 3.30. The molecule has 1 aliphatic carbocycles.